The third-order valence-corrected chi connectivity index (χ3v) is 5.77. The Morgan fingerprint density at radius 2 is 1.85 bits per heavy atom. The molecular weight excluding hydrogens is 363 g/mol. The summed E-state index contributed by atoms with van der Waals surface area (Å²) in [6.07, 6.45) is 4.16. The molecule has 1 amide bonds. The molecule has 0 heterocycles. The minimum atomic E-state index is -3.96. The number of benzene rings is 1. The second-order valence-corrected chi connectivity index (χ2v) is 8.14. The van der Waals surface area contributed by atoms with E-state index in [4.69, 9.17) is 4.74 Å². The SMILES string of the molecule is C[C@H]1CCCC[C@H]1NC(=O)COC(=O)CNS(=O)(=O)c1ccc(F)cc1. The molecule has 1 fully saturated rings. The van der Waals surface area contributed by atoms with Crippen LogP contribution in [0.3, 0.4) is 0 Å². The van der Waals surface area contributed by atoms with E-state index in [0.29, 0.717) is 5.92 Å². The van der Waals surface area contributed by atoms with Crippen molar-refractivity contribution in [3.05, 3.63) is 30.1 Å². The van der Waals surface area contributed by atoms with E-state index in [9.17, 15) is 22.4 Å². The summed E-state index contributed by atoms with van der Waals surface area (Å²) in [5.74, 6) is -1.46. The smallest absolute Gasteiger partial charge is 0.321 e. The lowest BCUT2D eigenvalue weighted by Crippen LogP contribution is -2.43. The molecule has 9 heteroatoms. The highest BCUT2D eigenvalue weighted by Gasteiger charge is 2.23. The van der Waals surface area contributed by atoms with E-state index in [1.165, 1.54) is 0 Å². The lowest BCUT2D eigenvalue weighted by molar-refractivity contribution is -0.147. The van der Waals surface area contributed by atoms with Crippen LogP contribution < -0.4 is 10.0 Å². The Balaban J connectivity index is 1.74. The molecule has 2 N–H and O–H groups in total. The number of halogens is 1. The largest absolute Gasteiger partial charge is 0.455 e. The topological polar surface area (TPSA) is 102 Å². The predicted octanol–water partition coefficient (Wildman–Crippen LogP) is 1.34. The van der Waals surface area contributed by atoms with Gasteiger partial charge in [0.25, 0.3) is 5.91 Å². The zero-order chi connectivity index (χ0) is 19.2. The molecule has 0 radical (unpaired) electrons. The molecule has 26 heavy (non-hydrogen) atoms. The van der Waals surface area contributed by atoms with Crippen molar-refractivity contribution < 1.29 is 27.1 Å². The lowest BCUT2D eigenvalue weighted by atomic mass is 9.86. The minimum absolute atomic E-state index is 0.0759. The Labute approximate surface area is 152 Å². The third-order valence-electron chi connectivity index (χ3n) is 4.35. The molecule has 0 bridgehead atoms. The van der Waals surface area contributed by atoms with Gasteiger partial charge in [-0.1, -0.05) is 19.8 Å². The van der Waals surface area contributed by atoms with E-state index in [-0.39, 0.29) is 10.9 Å². The summed E-state index contributed by atoms with van der Waals surface area (Å²) < 4.78 is 43.6. The molecule has 0 unspecified atom stereocenters. The summed E-state index contributed by atoms with van der Waals surface area (Å²) in [5, 5.41) is 2.84. The monoisotopic (exact) mass is 386 g/mol. The summed E-state index contributed by atoms with van der Waals surface area (Å²) in [6, 6.07) is 4.25. The van der Waals surface area contributed by atoms with Gasteiger partial charge in [0.15, 0.2) is 6.61 Å². The fraction of sp³-hybridized carbons (Fsp3) is 0.529. The molecule has 1 aromatic carbocycles. The highest BCUT2D eigenvalue weighted by Crippen LogP contribution is 2.23. The van der Waals surface area contributed by atoms with Crippen LogP contribution in [0.1, 0.15) is 32.6 Å². The van der Waals surface area contributed by atoms with Crippen LogP contribution in [0.4, 0.5) is 4.39 Å². The predicted molar refractivity (Wildman–Crippen MR) is 92.1 cm³/mol. The first-order valence-electron chi connectivity index (χ1n) is 8.48. The van der Waals surface area contributed by atoms with E-state index >= 15 is 0 Å². The maximum absolute atomic E-state index is 12.8. The Bertz CT molecular complexity index is 736. The van der Waals surface area contributed by atoms with Gasteiger partial charge in [-0.3, -0.25) is 9.59 Å². The molecular formula is C17H23FN2O5S. The van der Waals surface area contributed by atoms with Crippen molar-refractivity contribution in [2.75, 3.05) is 13.2 Å². The normalized spacial score (nSPS) is 20.4. The number of esters is 1. The lowest BCUT2D eigenvalue weighted by Gasteiger charge is -2.29. The number of carbonyl (C=O) groups excluding carboxylic acids is 2. The molecule has 0 saturated heterocycles. The number of hydrogen-bond acceptors (Lipinski definition) is 5. The maximum Gasteiger partial charge on any atom is 0.321 e. The van der Waals surface area contributed by atoms with E-state index in [2.05, 4.69) is 17.0 Å². The Kier molecular flexibility index (Phi) is 7.10. The van der Waals surface area contributed by atoms with Crippen molar-refractivity contribution >= 4 is 21.9 Å². The van der Waals surface area contributed by atoms with Gasteiger partial charge in [0.05, 0.1) is 4.90 Å². The number of hydrogen-bond donors (Lipinski definition) is 2. The van der Waals surface area contributed by atoms with Crippen LogP contribution >= 0.6 is 0 Å². The number of rotatable bonds is 7. The Morgan fingerprint density at radius 1 is 1.19 bits per heavy atom. The molecule has 1 aliphatic carbocycles. The fourth-order valence-corrected chi connectivity index (χ4v) is 3.80. The molecule has 1 aromatic rings. The molecule has 0 aliphatic heterocycles. The van der Waals surface area contributed by atoms with Crippen molar-refractivity contribution in [2.24, 2.45) is 5.92 Å². The molecule has 144 valence electrons. The Hall–Kier alpha value is -2.00. The van der Waals surface area contributed by atoms with Crippen molar-refractivity contribution in [3.63, 3.8) is 0 Å². The first kappa shape index (κ1) is 20.3. The van der Waals surface area contributed by atoms with E-state index in [1.54, 1.807) is 0 Å². The van der Waals surface area contributed by atoms with Crippen molar-refractivity contribution in [1.29, 1.82) is 0 Å². The van der Waals surface area contributed by atoms with Gasteiger partial charge in [-0.15, -0.1) is 0 Å². The van der Waals surface area contributed by atoms with E-state index < -0.39 is 40.9 Å². The maximum atomic E-state index is 12.8. The first-order chi connectivity index (χ1) is 12.3. The highest BCUT2D eigenvalue weighted by molar-refractivity contribution is 7.89. The van der Waals surface area contributed by atoms with Crippen molar-refractivity contribution in [2.45, 2.75) is 43.5 Å². The molecule has 7 nitrogen and oxygen atoms in total. The first-order valence-corrected chi connectivity index (χ1v) is 9.96. The summed E-state index contributed by atoms with van der Waals surface area (Å²) in [7, 11) is -3.96. The fourth-order valence-electron chi connectivity index (χ4n) is 2.83. The second-order valence-electron chi connectivity index (χ2n) is 6.37. The van der Waals surface area contributed by atoms with Crippen LogP contribution in [-0.4, -0.2) is 39.5 Å². The van der Waals surface area contributed by atoms with Crippen LogP contribution in [0.25, 0.3) is 0 Å². The van der Waals surface area contributed by atoms with Crippen molar-refractivity contribution in [3.8, 4) is 0 Å². The standard InChI is InChI=1S/C17H23FN2O5S/c1-12-4-2-3-5-15(12)20-16(21)11-25-17(22)10-19-26(23,24)14-8-6-13(18)7-9-14/h6-9,12,15,19H,2-5,10-11H2,1H3,(H,20,21)/t12-,15+/m0/s1. The van der Waals surface area contributed by atoms with Crippen LogP contribution in [-0.2, 0) is 24.3 Å². The van der Waals surface area contributed by atoms with Gasteiger partial charge >= 0.3 is 5.97 Å². The minimum Gasteiger partial charge on any atom is -0.455 e. The van der Waals surface area contributed by atoms with Gasteiger partial charge in [-0.2, -0.15) is 4.72 Å². The molecule has 0 spiro atoms. The average Bonchev–Trinajstić information content (AvgIpc) is 2.60. The summed E-state index contributed by atoms with van der Waals surface area (Å²) >= 11 is 0. The number of ether oxygens (including phenoxy) is 1. The molecule has 1 saturated carbocycles. The van der Waals surface area contributed by atoms with Gasteiger partial charge in [0.2, 0.25) is 10.0 Å². The highest BCUT2D eigenvalue weighted by atomic mass is 32.2. The summed E-state index contributed by atoms with van der Waals surface area (Å²) in [5.41, 5.74) is 0. The van der Waals surface area contributed by atoms with Crippen LogP contribution in [0.15, 0.2) is 29.2 Å². The van der Waals surface area contributed by atoms with Crippen molar-refractivity contribution in [1.82, 2.24) is 10.0 Å². The molecule has 2 atom stereocenters. The number of amides is 1. The average molecular weight is 386 g/mol. The van der Waals surface area contributed by atoms with Gasteiger partial charge < -0.3 is 10.1 Å². The van der Waals surface area contributed by atoms with Gasteiger partial charge in [-0.05, 0) is 43.0 Å². The zero-order valence-electron chi connectivity index (χ0n) is 14.5. The van der Waals surface area contributed by atoms with Gasteiger partial charge in [0.1, 0.15) is 12.4 Å². The van der Waals surface area contributed by atoms with E-state index in [0.717, 1.165) is 49.9 Å². The van der Waals surface area contributed by atoms with Crippen LogP contribution in [0.5, 0.6) is 0 Å². The Morgan fingerprint density at radius 3 is 2.50 bits per heavy atom. The van der Waals surface area contributed by atoms with Crippen LogP contribution in [0, 0.1) is 11.7 Å². The molecule has 1 aliphatic rings. The second kappa shape index (κ2) is 9.09. The van der Waals surface area contributed by atoms with E-state index in [1.807, 2.05) is 0 Å². The quantitative estimate of drug-likeness (QED) is 0.689. The number of sulfonamides is 1. The van der Waals surface area contributed by atoms with Crippen LogP contribution in [0.2, 0.25) is 0 Å². The zero-order valence-corrected chi connectivity index (χ0v) is 15.4. The van der Waals surface area contributed by atoms with Gasteiger partial charge in [-0.25, -0.2) is 12.8 Å². The molecule has 2 rings (SSSR count). The third kappa shape index (κ3) is 6.06. The number of carbonyl (C=O) groups is 2. The number of nitrogens with one attached hydrogen (secondary N) is 2. The summed E-state index contributed by atoms with van der Waals surface area (Å²) in [4.78, 5) is 23.3. The molecule has 0 aromatic heterocycles. The van der Waals surface area contributed by atoms with Gasteiger partial charge in [0, 0.05) is 6.04 Å². The summed E-state index contributed by atoms with van der Waals surface area (Å²) in [6.45, 7) is 0.994.